The highest BCUT2D eigenvalue weighted by Crippen LogP contribution is 2.08. The Hall–Kier alpha value is -1.47. The van der Waals surface area contributed by atoms with Crippen molar-refractivity contribution in [1.29, 1.82) is 0 Å². The van der Waals surface area contributed by atoms with Gasteiger partial charge in [0.05, 0.1) is 0 Å². The first-order chi connectivity index (χ1) is 7.95. The number of nitrogens with zero attached hydrogens (tertiary/aromatic N) is 2. The van der Waals surface area contributed by atoms with Crippen LogP contribution in [0.5, 0.6) is 0 Å². The Morgan fingerprint density at radius 2 is 2.24 bits per heavy atom. The monoisotopic (exact) mass is 256 g/mol. The number of carbonyl (C=O) groups excluding carboxylic acids is 2. The van der Waals surface area contributed by atoms with Gasteiger partial charge in [-0.25, -0.2) is 4.98 Å². The number of nitrogens with one attached hydrogen (secondary N) is 1. The van der Waals surface area contributed by atoms with Gasteiger partial charge in [-0.3, -0.25) is 9.59 Å². The maximum Gasteiger partial charge on any atom is 0.271 e. The Labute approximate surface area is 104 Å². The lowest BCUT2D eigenvalue weighted by Crippen LogP contribution is -2.44. The summed E-state index contributed by atoms with van der Waals surface area (Å²) in [7, 11) is 3.28. The van der Waals surface area contributed by atoms with Crippen LogP contribution in [0.15, 0.2) is 5.38 Å². The molecular weight excluding hydrogens is 240 g/mol. The van der Waals surface area contributed by atoms with Crippen molar-refractivity contribution in [3.63, 3.8) is 0 Å². The third-order valence-electron chi connectivity index (χ3n) is 2.12. The average molecular weight is 256 g/mol. The van der Waals surface area contributed by atoms with Gasteiger partial charge in [-0.2, -0.15) is 0 Å². The lowest BCUT2D eigenvalue weighted by Gasteiger charge is -2.17. The van der Waals surface area contributed by atoms with E-state index in [0.717, 1.165) is 0 Å². The highest BCUT2D eigenvalue weighted by Gasteiger charge is 2.19. The summed E-state index contributed by atoms with van der Waals surface area (Å²) in [6.07, 6.45) is 0. The van der Waals surface area contributed by atoms with E-state index in [0.29, 0.717) is 17.2 Å². The highest BCUT2D eigenvalue weighted by molar-refractivity contribution is 7.09. The molecule has 1 unspecified atom stereocenters. The molecule has 17 heavy (non-hydrogen) atoms. The van der Waals surface area contributed by atoms with E-state index in [-0.39, 0.29) is 11.8 Å². The Kier molecular flexibility index (Phi) is 4.59. The summed E-state index contributed by atoms with van der Waals surface area (Å²) in [5.74, 6) is -0.517. The molecule has 0 saturated carbocycles. The van der Waals surface area contributed by atoms with Crippen molar-refractivity contribution in [3.8, 4) is 0 Å². The van der Waals surface area contributed by atoms with Crippen molar-refractivity contribution < 1.29 is 9.59 Å². The molecule has 1 aromatic heterocycles. The number of aromatic nitrogens is 1. The van der Waals surface area contributed by atoms with Crippen molar-refractivity contribution in [3.05, 3.63) is 16.1 Å². The van der Waals surface area contributed by atoms with Gasteiger partial charge in [0.25, 0.3) is 5.91 Å². The molecule has 1 aromatic rings. The van der Waals surface area contributed by atoms with E-state index in [9.17, 15) is 9.59 Å². The lowest BCUT2D eigenvalue weighted by molar-refractivity contribution is -0.130. The minimum Gasteiger partial charge on any atom is -0.347 e. The fourth-order valence-corrected chi connectivity index (χ4v) is 1.88. The Bertz CT molecular complexity index is 416. The molecule has 3 N–H and O–H groups in total. The standard InChI is InChI=1S/C10H16N4O2S/c1-6(10(16)14(2)3)12-9(15)7-5-17-8(4-11)13-7/h5-6H,4,11H2,1-3H3,(H,12,15). The first-order valence-electron chi connectivity index (χ1n) is 5.12. The molecule has 1 heterocycles. The molecular formula is C10H16N4O2S. The molecule has 1 rings (SSSR count). The average Bonchev–Trinajstić information content (AvgIpc) is 2.76. The van der Waals surface area contributed by atoms with Gasteiger partial charge in [0.15, 0.2) is 0 Å². The van der Waals surface area contributed by atoms with Gasteiger partial charge >= 0.3 is 0 Å². The molecule has 0 fully saturated rings. The second-order valence-corrected chi connectivity index (χ2v) is 4.70. The number of likely N-dealkylation sites (N-methyl/N-ethyl adjacent to an activating group) is 1. The molecule has 0 radical (unpaired) electrons. The number of rotatable bonds is 4. The van der Waals surface area contributed by atoms with Crippen molar-refractivity contribution in [1.82, 2.24) is 15.2 Å². The van der Waals surface area contributed by atoms with E-state index in [4.69, 9.17) is 5.73 Å². The molecule has 1 atom stereocenters. The summed E-state index contributed by atoms with van der Waals surface area (Å²) in [6.45, 7) is 1.95. The van der Waals surface area contributed by atoms with Gasteiger partial charge in [0.1, 0.15) is 16.7 Å². The third kappa shape index (κ3) is 3.50. The van der Waals surface area contributed by atoms with Crippen LogP contribution in [-0.2, 0) is 11.3 Å². The minimum absolute atomic E-state index is 0.160. The molecule has 6 nitrogen and oxygen atoms in total. The topological polar surface area (TPSA) is 88.3 Å². The predicted molar refractivity (Wildman–Crippen MR) is 65.6 cm³/mol. The maximum atomic E-state index is 11.7. The molecule has 0 aliphatic carbocycles. The summed E-state index contributed by atoms with van der Waals surface area (Å²) < 4.78 is 0. The molecule has 0 aromatic carbocycles. The van der Waals surface area contributed by atoms with Crippen LogP contribution in [0.25, 0.3) is 0 Å². The van der Waals surface area contributed by atoms with Crippen LogP contribution in [0.3, 0.4) is 0 Å². The van der Waals surface area contributed by atoms with Crippen LogP contribution >= 0.6 is 11.3 Å². The number of nitrogens with two attached hydrogens (primary N) is 1. The van der Waals surface area contributed by atoms with E-state index >= 15 is 0 Å². The molecule has 0 aliphatic heterocycles. The summed E-state index contributed by atoms with van der Waals surface area (Å²) in [4.78, 5) is 28.7. The van der Waals surface area contributed by atoms with Crippen LogP contribution in [-0.4, -0.2) is 41.8 Å². The summed E-state index contributed by atoms with van der Waals surface area (Å²) >= 11 is 1.33. The number of hydrogen-bond donors (Lipinski definition) is 2. The summed E-state index contributed by atoms with van der Waals surface area (Å²) in [5.41, 5.74) is 5.71. The van der Waals surface area contributed by atoms with E-state index in [1.54, 1.807) is 26.4 Å². The number of hydrogen-bond acceptors (Lipinski definition) is 5. The van der Waals surface area contributed by atoms with Gasteiger partial charge < -0.3 is 16.0 Å². The van der Waals surface area contributed by atoms with Crippen molar-refractivity contribution in [2.24, 2.45) is 5.73 Å². The van der Waals surface area contributed by atoms with Crippen LogP contribution in [0, 0.1) is 0 Å². The van der Waals surface area contributed by atoms with E-state index in [2.05, 4.69) is 10.3 Å². The van der Waals surface area contributed by atoms with Gasteiger partial charge in [-0.05, 0) is 6.92 Å². The zero-order valence-electron chi connectivity index (χ0n) is 10.1. The summed E-state index contributed by atoms with van der Waals surface area (Å²) in [6, 6.07) is -0.569. The van der Waals surface area contributed by atoms with Crippen LogP contribution in [0.2, 0.25) is 0 Å². The Morgan fingerprint density at radius 1 is 1.59 bits per heavy atom. The highest BCUT2D eigenvalue weighted by atomic mass is 32.1. The van der Waals surface area contributed by atoms with Gasteiger partial charge in [-0.15, -0.1) is 11.3 Å². The molecule has 0 spiro atoms. The van der Waals surface area contributed by atoms with Gasteiger partial charge in [0.2, 0.25) is 5.91 Å². The number of thiazole rings is 1. The quantitative estimate of drug-likeness (QED) is 0.781. The van der Waals surface area contributed by atoms with Gasteiger partial charge in [-0.1, -0.05) is 0 Å². The van der Waals surface area contributed by atoms with E-state index in [1.807, 2.05) is 0 Å². The van der Waals surface area contributed by atoms with E-state index < -0.39 is 6.04 Å². The van der Waals surface area contributed by atoms with Crippen LogP contribution in [0.4, 0.5) is 0 Å². The SMILES string of the molecule is CC(NC(=O)c1csc(CN)n1)C(=O)N(C)C. The number of amides is 2. The minimum atomic E-state index is -0.569. The van der Waals surface area contributed by atoms with Gasteiger partial charge in [0, 0.05) is 26.0 Å². The zero-order chi connectivity index (χ0) is 13.0. The van der Waals surface area contributed by atoms with Crippen LogP contribution < -0.4 is 11.1 Å². The predicted octanol–water partition coefficient (Wildman–Crippen LogP) is -0.192. The van der Waals surface area contributed by atoms with Crippen LogP contribution in [0.1, 0.15) is 22.4 Å². The fourth-order valence-electron chi connectivity index (χ4n) is 1.23. The first kappa shape index (κ1) is 13.6. The maximum absolute atomic E-state index is 11.7. The fraction of sp³-hybridized carbons (Fsp3) is 0.500. The lowest BCUT2D eigenvalue weighted by atomic mass is 10.3. The summed E-state index contributed by atoms with van der Waals surface area (Å²) in [5, 5.41) is 4.91. The van der Waals surface area contributed by atoms with Crippen molar-refractivity contribution in [2.45, 2.75) is 19.5 Å². The molecule has 0 aliphatic rings. The third-order valence-corrected chi connectivity index (χ3v) is 2.99. The smallest absolute Gasteiger partial charge is 0.271 e. The molecule has 0 saturated heterocycles. The second kappa shape index (κ2) is 5.74. The first-order valence-corrected chi connectivity index (χ1v) is 6.00. The zero-order valence-corrected chi connectivity index (χ0v) is 10.9. The normalized spacial score (nSPS) is 12.0. The van der Waals surface area contributed by atoms with E-state index in [1.165, 1.54) is 16.2 Å². The van der Waals surface area contributed by atoms with Crippen molar-refractivity contribution in [2.75, 3.05) is 14.1 Å². The van der Waals surface area contributed by atoms with Crippen molar-refractivity contribution >= 4 is 23.2 Å². The molecule has 2 amide bonds. The number of carbonyl (C=O) groups is 2. The Balaban J connectivity index is 2.63. The molecule has 0 bridgehead atoms. The largest absolute Gasteiger partial charge is 0.347 e. The molecule has 7 heteroatoms. The molecule has 94 valence electrons. The Morgan fingerprint density at radius 3 is 2.71 bits per heavy atom. The second-order valence-electron chi connectivity index (χ2n) is 3.76.